The third-order valence-corrected chi connectivity index (χ3v) is 5.13. The molecule has 0 fully saturated rings. The van der Waals surface area contributed by atoms with E-state index in [0.717, 1.165) is 16.7 Å². The highest BCUT2D eigenvalue weighted by Crippen LogP contribution is 2.27. The van der Waals surface area contributed by atoms with Gasteiger partial charge in [0.2, 0.25) is 5.91 Å². The number of carbonyl (C=O) groups is 2. The van der Waals surface area contributed by atoms with Gasteiger partial charge in [0.15, 0.2) is 0 Å². The maximum atomic E-state index is 12.8. The minimum Gasteiger partial charge on any atom is -0.356 e. The zero-order valence-corrected chi connectivity index (χ0v) is 18.2. The van der Waals surface area contributed by atoms with Crippen LogP contribution in [0.5, 0.6) is 0 Å². The Morgan fingerprint density at radius 2 is 1.93 bits per heavy atom. The number of benzene rings is 1. The fraction of sp³-hybridized carbons (Fsp3) is 0.375. The van der Waals surface area contributed by atoms with E-state index < -0.39 is 5.91 Å². The standard InChI is InChI=1S/C24H29N3O3/c1-7-22(28)26-19-10-9-16(5)21(13-19)18-11-17(24(30)27(6)14-18)12-20(15(3)4)23(29)25-8-2/h1,9-11,13-15,20H,8,12H2,2-6H3,(H,25,29)(H,26,28)/t20-/m0/s1. The van der Waals surface area contributed by atoms with Crippen LogP contribution in [0, 0.1) is 31.1 Å². The van der Waals surface area contributed by atoms with Crippen molar-refractivity contribution in [3.63, 3.8) is 0 Å². The zero-order chi connectivity index (χ0) is 22.4. The van der Waals surface area contributed by atoms with Crippen molar-refractivity contribution >= 4 is 17.5 Å². The Kier molecular flexibility index (Phi) is 7.60. The van der Waals surface area contributed by atoms with Gasteiger partial charge in [-0.3, -0.25) is 14.4 Å². The predicted octanol–water partition coefficient (Wildman–Crippen LogP) is 2.88. The van der Waals surface area contributed by atoms with E-state index in [2.05, 4.69) is 10.6 Å². The normalized spacial score (nSPS) is 11.6. The van der Waals surface area contributed by atoms with Crippen LogP contribution in [0.1, 0.15) is 31.9 Å². The molecule has 0 saturated heterocycles. The quantitative estimate of drug-likeness (QED) is 0.693. The molecule has 0 aliphatic heterocycles. The lowest BCUT2D eigenvalue weighted by molar-refractivity contribution is -0.126. The summed E-state index contributed by atoms with van der Waals surface area (Å²) in [5, 5.41) is 5.51. The second-order valence-electron chi connectivity index (χ2n) is 7.75. The molecule has 0 radical (unpaired) electrons. The first kappa shape index (κ1) is 23.0. The lowest BCUT2D eigenvalue weighted by atomic mass is 9.88. The average Bonchev–Trinajstić information content (AvgIpc) is 2.70. The lowest BCUT2D eigenvalue weighted by Crippen LogP contribution is -2.36. The number of terminal acetylenes is 1. The molecule has 2 N–H and O–H groups in total. The van der Waals surface area contributed by atoms with E-state index in [9.17, 15) is 14.4 Å². The zero-order valence-electron chi connectivity index (χ0n) is 18.2. The minimum absolute atomic E-state index is 0.0462. The molecule has 6 nitrogen and oxygen atoms in total. The molecular formula is C24H29N3O3. The molecule has 30 heavy (non-hydrogen) atoms. The molecule has 2 amide bonds. The average molecular weight is 408 g/mol. The monoisotopic (exact) mass is 407 g/mol. The summed E-state index contributed by atoms with van der Waals surface area (Å²) in [6.45, 7) is 8.35. The molecule has 0 aliphatic rings. The van der Waals surface area contributed by atoms with Crippen LogP contribution in [0.3, 0.4) is 0 Å². The molecular weight excluding hydrogens is 378 g/mol. The van der Waals surface area contributed by atoms with Crippen LogP contribution in [0.25, 0.3) is 11.1 Å². The molecule has 2 rings (SSSR count). The van der Waals surface area contributed by atoms with Crippen molar-refractivity contribution in [1.82, 2.24) is 9.88 Å². The fourth-order valence-electron chi connectivity index (χ4n) is 3.43. The predicted molar refractivity (Wildman–Crippen MR) is 120 cm³/mol. The summed E-state index contributed by atoms with van der Waals surface area (Å²) < 4.78 is 1.53. The number of aromatic nitrogens is 1. The van der Waals surface area contributed by atoms with Gasteiger partial charge in [-0.25, -0.2) is 0 Å². The summed E-state index contributed by atoms with van der Waals surface area (Å²) in [5.74, 6) is 1.26. The molecule has 6 heteroatoms. The third kappa shape index (κ3) is 5.38. The largest absolute Gasteiger partial charge is 0.356 e. The van der Waals surface area contributed by atoms with Gasteiger partial charge in [-0.15, -0.1) is 6.42 Å². The highest BCUT2D eigenvalue weighted by Gasteiger charge is 2.24. The smallest absolute Gasteiger partial charge is 0.300 e. The highest BCUT2D eigenvalue weighted by molar-refractivity contribution is 6.03. The van der Waals surface area contributed by atoms with Crippen molar-refractivity contribution in [3.05, 3.63) is 51.9 Å². The van der Waals surface area contributed by atoms with Crippen LogP contribution >= 0.6 is 0 Å². The Labute approximate surface area is 177 Å². The van der Waals surface area contributed by atoms with Gasteiger partial charge < -0.3 is 15.2 Å². The van der Waals surface area contributed by atoms with Gasteiger partial charge in [0, 0.05) is 37.0 Å². The number of carbonyl (C=O) groups excluding carboxylic acids is 2. The number of nitrogens with one attached hydrogen (secondary N) is 2. The van der Waals surface area contributed by atoms with Gasteiger partial charge in [0.25, 0.3) is 11.5 Å². The number of anilines is 1. The van der Waals surface area contributed by atoms with Gasteiger partial charge in [0.05, 0.1) is 0 Å². The molecule has 0 saturated carbocycles. The molecule has 1 heterocycles. The summed E-state index contributed by atoms with van der Waals surface area (Å²) in [7, 11) is 1.70. The summed E-state index contributed by atoms with van der Waals surface area (Å²) in [6.07, 6.45) is 7.26. The van der Waals surface area contributed by atoms with E-state index in [1.807, 2.05) is 51.8 Å². The number of nitrogens with zero attached hydrogens (tertiary/aromatic N) is 1. The van der Waals surface area contributed by atoms with Crippen molar-refractivity contribution in [1.29, 1.82) is 0 Å². The SMILES string of the molecule is C#CC(=O)Nc1ccc(C)c(-c2cc(C[C@H](C(=O)NCC)C(C)C)c(=O)n(C)c2)c1. The molecule has 2 aromatic rings. The first-order valence-electron chi connectivity index (χ1n) is 10.0. The Morgan fingerprint density at radius 1 is 1.23 bits per heavy atom. The van der Waals surface area contributed by atoms with E-state index in [4.69, 9.17) is 6.42 Å². The Hall–Kier alpha value is -3.33. The number of aryl methyl sites for hydroxylation is 2. The first-order valence-corrected chi connectivity index (χ1v) is 10.0. The second kappa shape index (κ2) is 9.93. The topological polar surface area (TPSA) is 80.2 Å². The van der Waals surface area contributed by atoms with Gasteiger partial charge in [-0.2, -0.15) is 0 Å². The van der Waals surface area contributed by atoms with Crippen molar-refractivity contribution in [2.24, 2.45) is 18.9 Å². The van der Waals surface area contributed by atoms with Gasteiger partial charge in [0.1, 0.15) is 0 Å². The molecule has 158 valence electrons. The maximum Gasteiger partial charge on any atom is 0.300 e. The number of amides is 2. The van der Waals surface area contributed by atoms with E-state index in [1.165, 1.54) is 4.57 Å². The van der Waals surface area contributed by atoms with Crippen molar-refractivity contribution < 1.29 is 9.59 Å². The minimum atomic E-state index is -0.521. The molecule has 0 unspecified atom stereocenters. The molecule has 0 aliphatic carbocycles. The summed E-state index contributed by atoms with van der Waals surface area (Å²) >= 11 is 0. The molecule has 1 atom stereocenters. The van der Waals surface area contributed by atoms with E-state index in [1.54, 1.807) is 19.3 Å². The van der Waals surface area contributed by atoms with Crippen molar-refractivity contribution in [3.8, 4) is 23.5 Å². The third-order valence-electron chi connectivity index (χ3n) is 5.13. The van der Waals surface area contributed by atoms with Crippen LogP contribution in [-0.2, 0) is 23.1 Å². The van der Waals surface area contributed by atoms with Crippen LogP contribution in [0.15, 0.2) is 35.3 Å². The van der Waals surface area contributed by atoms with E-state index in [0.29, 0.717) is 24.2 Å². The van der Waals surface area contributed by atoms with Crippen molar-refractivity contribution in [2.75, 3.05) is 11.9 Å². The first-order chi connectivity index (χ1) is 14.2. The van der Waals surface area contributed by atoms with Crippen LogP contribution in [0.4, 0.5) is 5.69 Å². The Balaban J connectivity index is 2.50. The van der Waals surface area contributed by atoms with Crippen molar-refractivity contribution in [2.45, 2.75) is 34.1 Å². The van der Waals surface area contributed by atoms with E-state index >= 15 is 0 Å². The Bertz CT molecular complexity index is 1040. The van der Waals surface area contributed by atoms with Crippen LogP contribution in [0.2, 0.25) is 0 Å². The van der Waals surface area contributed by atoms with Crippen LogP contribution < -0.4 is 16.2 Å². The highest BCUT2D eigenvalue weighted by atomic mass is 16.2. The summed E-state index contributed by atoms with van der Waals surface area (Å²) in [4.78, 5) is 36.8. The summed E-state index contributed by atoms with van der Waals surface area (Å²) in [6, 6.07) is 7.34. The van der Waals surface area contributed by atoms with E-state index in [-0.39, 0.29) is 23.3 Å². The van der Waals surface area contributed by atoms with Gasteiger partial charge in [-0.05, 0) is 67.0 Å². The molecule has 1 aromatic heterocycles. The molecule has 0 spiro atoms. The van der Waals surface area contributed by atoms with Gasteiger partial charge in [-0.1, -0.05) is 19.9 Å². The lowest BCUT2D eigenvalue weighted by Gasteiger charge is -2.20. The fourth-order valence-corrected chi connectivity index (χ4v) is 3.43. The van der Waals surface area contributed by atoms with Crippen LogP contribution in [-0.4, -0.2) is 22.9 Å². The molecule has 1 aromatic carbocycles. The Morgan fingerprint density at radius 3 is 2.53 bits per heavy atom. The number of pyridine rings is 1. The number of rotatable bonds is 7. The molecule has 0 bridgehead atoms. The van der Waals surface area contributed by atoms with Gasteiger partial charge >= 0.3 is 0 Å². The summed E-state index contributed by atoms with van der Waals surface area (Å²) in [5.41, 5.74) is 3.74. The number of hydrogen-bond donors (Lipinski definition) is 2. The maximum absolute atomic E-state index is 12.8. The number of hydrogen-bond acceptors (Lipinski definition) is 3. The second-order valence-corrected chi connectivity index (χ2v) is 7.75.